The third-order valence-corrected chi connectivity index (χ3v) is 3.39. The van der Waals surface area contributed by atoms with E-state index in [0.29, 0.717) is 23.7 Å². The largest absolute Gasteiger partial charge is 0.496 e. The van der Waals surface area contributed by atoms with E-state index in [4.69, 9.17) is 9.47 Å². The highest BCUT2D eigenvalue weighted by molar-refractivity contribution is 5.49. The van der Waals surface area contributed by atoms with Crippen LogP contribution in [-0.2, 0) is 5.60 Å². The molecular formula is C17H19FO3. The smallest absolute Gasteiger partial charge is 0.133 e. The molecule has 1 N–H and O–H groups in total. The molecular weight excluding hydrogens is 271 g/mol. The molecule has 0 saturated heterocycles. The third-order valence-electron chi connectivity index (χ3n) is 3.39. The zero-order valence-electron chi connectivity index (χ0n) is 12.4. The molecule has 0 heterocycles. The van der Waals surface area contributed by atoms with Gasteiger partial charge >= 0.3 is 0 Å². The SMILES string of the molecule is CCOc1ccccc1C(C)(O)c1c(F)cccc1OC. The van der Waals surface area contributed by atoms with Crippen LogP contribution < -0.4 is 9.47 Å². The molecule has 0 spiro atoms. The summed E-state index contributed by atoms with van der Waals surface area (Å²) in [6.45, 7) is 3.85. The van der Waals surface area contributed by atoms with Crippen molar-refractivity contribution in [2.24, 2.45) is 0 Å². The third kappa shape index (κ3) is 2.85. The zero-order valence-corrected chi connectivity index (χ0v) is 12.4. The Morgan fingerprint density at radius 1 is 1.10 bits per heavy atom. The first-order valence-corrected chi connectivity index (χ1v) is 6.80. The molecule has 1 atom stereocenters. The second-order valence-electron chi connectivity index (χ2n) is 4.82. The van der Waals surface area contributed by atoms with Gasteiger partial charge in [-0.3, -0.25) is 0 Å². The molecule has 0 aromatic heterocycles. The fraction of sp³-hybridized carbons (Fsp3) is 0.294. The van der Waals surface area contributed by atoms with Crippen molar-refractivity contribution in [1.82, 2.24) is 0 Å². The van der Waals surface area contributed by atoms with Crippen LogP contribution in [0.2, 0.25) is 0 Å². The van der Waals surface area contributed by atoms with Gasteiger partial charge in [0.15, 0.2) is 0 Å². The van der Waals surface area contributed by atoms with E-state index >= 15 is 0 Å². The van der Waals surface area contributed by atoms with Gasteiger partial charge in [-0.1, -0.05) is 24.3 Å². The second kappa shape index (κ2) is 6.14. The maximum absolute atomic E-state index is 14.3. The van der Waals surface area contributed by atoms with E-state index in [-0.39, 0.29) is 5.56 Å². The summed E-state index contributed by atoms with van der Waals surface area (Å²) in [6.07, 6.45) is 0. The number of aliphatic hydroxyl groups is 1. The lowest BCUT2D eigenvalue weighted by Crippen LogP contribution is -2.26. The maximum atomic E-state index is 14.3. The maximum Gasteiger partial charge on any atom is 0.133 e. The molecule has 2 rings (SSSR count). The van der Waals surface area contributed by atoms with E-state index in [2.05, 4.69) is 0 Å². The van der Waals surface area contributed by atoms with Gasteiger partial charge in [-0.25, -0.2) is 4.39 Å². The Balaban J connectivity index is 2.62. The summed E-state index contributed by atoms with van der Waals surface area (Å²) in [7, 11) is 1.45. The number of halogens is 1. The van der Waals surface area contributed by atoms with Crippen LogP contribution >= 0.6 is 0 Å². The molecule has 0 fully saturated rings. The molecule has 1 unspecified atom stereocenters. The number of rotatable bonds is 5. The van der Waals surface area contributed by atoms with Crippen LogP contribution in [0.15, 0.2) is 42.5 Å². The van der Waals surface area contributed by atoms with Gasteiger partial charge in [0, 0.05) is 5.56 Å². The van der Waals surface area contributed by atoms with E-state index in [1.165, 1.54) is 20.1 Å². The number of hydrogen-bond acceptors (Lipinski definition) is 3. The van der Waals surface area contributed by atoms with Gasteiger partial charge in [0.2, 0.25) is 0 Å². The van der Waals surface area contributed by atoms with Gasteiger partial charge < -0.3 is 14.6 Å². The molecule has 2 aromatic carbocycles. The van der Waals surface area contributed by atoms with E-state index in [0.717, 1.165) is 0 Å². The molecule has 21 heavy (non-hydrogen) atoms. The fourth-order valence-electron chi connectivity index (χ4n) is 2.43. The summed E-state index contributed by atoms with van der Waals surface area (Å²) in [6, 6.07) is 11.5. The first-order valence-electron chi connectivity index (χ1n) is 6.80. The lowest BCUT2D eigenvalue weighted by molar-refractivity contribution is 0.0906. The van der Waals surface area contributed by atoms with Crippen LogP contribution in [0.5, 0.6) is 11.5 Å². The Kier molecular flexibility index (Phi) is 4.48. The van der Waals surface area contributed by atoms with Crippen molar-refractivity contribution in [3.05, 3.63) is 59.4 Å². The standard InChI is InChI=1S/C17H19FO3/c1-4-21-14-10-6-5-8-12(14)17(2,19)16-13(18)9-7-11-15(16)20-3/h5-11,19H,4H2,1-3H3. The molecule has 112 valence electrons. The molecule has 2 aromatic rings. The van der Waals surface area contributed by atoms with Crippen molar-refractivity contribution in [2.75, 3.05) is 13.7 Å². The van der Waals surface area contributed by atoms with Crippen molar-refractivity contribution in [1.29, 1.82) is 0 Å². The Morgan fingerprint density at radius 3 is 2.43 bits per heavy atom. The van der Waals surface area contributed by atoms with Crippen molar-refractivity contribution in [2.45, 2.75) is 19.4 Å². The van der Waals surface area contributed by atoms with Crippen LogP contribution in [0.25, 0.3) is 0 Å². The first kappa shape index (κ1) is 15.3. The van der Waals surface area contributed by atoms with Crippen molar-refractivity contribution >= 4 is 0 Å². The average molecular weight is 290 g/mol. The number of methoxy groups -OCH3 is 1. The van der Waals surface area contributed by atoms with Gasteiger partial charge in [0.25, 0.3) is 0 Å². The van der Waals surface area contributed by atoms with Crippen LogP contribution in [0.1, 0.15) is 25.0 Å². The molecule has 0 aliphatic heterocycles. The van der Waals surface area contributed by atoms with E-state index in [1.807, 2.05) is 13.0 Å². The van der Waals surface area contributed by atoms with Crippen molar-refractivity contribution in [3.63, 3.8) is 0 Å². The van der Waals surface area contributed by atoms with E-state index in [9.17, 15) is 9.50 Å². The zero-order chi connectivity index (χ0) is 15.5. The second-order valence-corrected chi connectivity index (χ2v) is 4.82. The Morgan fingerprint density at radius 2 is 1.76 bits per heavy atom. The number of benzene rings is 2. The monoisotopic (exact) mass is 290 g/mol. The Labute approximate surface area is 124 Å². The minimum atomic E-state index is -1.57. The van der Waals surface area contributed by atoms with Crippen LogP contribution in [0, 0.1) is 5.82 Å². The van der Waals surface area contributed by atoms with E-state index in [1.54, 1.807) is 30.3 Å². The summed E-state index contributed by atoms with van der Waals surface area (Å²) >= 11 is 0. The van der Waals surface area contributed by atoms with Crippen molar-refractivity contribution < 1.29 is 19.0 Å². The molecule has 0 aliphatic rings. The highest BCUT2D eigenvalue weighted by Crippen LogP contribution is 2.40. The quantitative estimate of drug-likeness (QED) is 0.916. The molecule has 4 heteroatoms. The lowest BCUT2D eigenvalue weighted by atomic mass is 9.86. The predicted molar refractivity (Wildman–Crippen MR) is 79.2 cm³/mol. The number of para-hydroxylation sites is 1. The lowest BCUT2D eigenvalue weighted by Gasteiger charge is -2.28. The van der Waals surface area contributed by atoms with Gasteiger partial charge in [-0.05, 0) is 32.0 Å². The summed E-state index contributed by atoms with van der Waals surface area (Å²) in [5.41, 5.74) is -0.975. The Bertz CT molecular complexity index is 623. The topological polar surface area (TPSA) is 38.7 Å². The molecule has 0 radical (unpaired) electrons. The number of hydrogen-bond donors (Lipinski definition) is 1. The molecule has 3 nitrogen and oxygen atoms in total. The predicted octanol–water partition coefficient (Wildman–Crippen LogP) is 3.49. The van der Waals surface area contributed by atoms with Gasteiger partial charge in [0.1, 0.15) is 22.9 Å². The number of ether oxygens (including phenoxy) is 2. The summed E-state index contributed by atoms with van der Waals surface area (Å²) < 4.78 is 25.0. The Hall–Kier alpha value is -2.07. The van der Waals surface area contributed by atoms with Crippen LogP contribution in [-0.4, -0.2) is 18.8 Å². The van der Waals surface area contributed by atoms with Gasteiger partial charge in [-0.2, -0.15) is 0 Å². The van der Waals surface area contributed by atoms with Crippen molar-refractivity contribution in [3.8, 4) is 11.5 Å². The van der Waals surface area contributed by atoms with Gasteiger partial charge in [0.05, 0.1) is 19.3 Å². The molecule has 0 saturated carbocycles. The van der Waals surface area contributed by atoms with Crippen LogP contribution in [0.3, 0.4) is 0 Å². The minimum Gasteiger partial charge on any atom is -0.496 e. The van der Waals surface area contributed by atoms with Gasteiger partial charge in [-0.15, -0.1) is 0 Å². The van der Waals surface area contributed by atoms with Crippen LogP contribution in [0.4, 0.5) is 4.39 Å². The molecule has 0 amide bonds. The fourth-order valence-corrected chi connectivity index (χ4v) is 2.43. The molecule has 0 aliphatic carbocycles. The summed E-state index contributed by atoms with van der Waals surface area (Å²) in [4.78, 5) is 0. The average Bonchev–Trinajstić information content (AvgIpc) is 2.47. The molecule has 0 bridgehead atoms. The summed E-state index contributed by atoms with van der Waals surface area (Å²) in [5.74, 6) is 0.298. The highest BCUT2D eigenvalue weighted by Gasteiger charge is 2.34. The van der Waals surface area contributed by atoms with E-state index < -0.39 is 11.4 Å². The normalized spacial score (nSPS) is 13.6. The summed E-state index contributed by atoms with van der Waals surface area (Å²) in [5, 5.41) is 11.0. The highest BCUT2D eigenvalue weighted by atomic mass is 19.1. The minimum absolute atomic E-state index is 0.0969. The first-order chi connectivity index (χ1) is 10.0.